The van der Waals surface area contributed by atoms with Crippen LogP contribution >= 0.6 is 0 Å². The molecule has 0 bridgehead atoms. The average Bonchev–Trinajstić information content (AvgIpc) is 2.47. The van der Waals surface area contributed by atoms with Crippen LogP contribution in [0.4, 0.5) is 0 Å². The molecule has 1 aromatic carbocycles. The predicted octanol–water partition coefficient (Wildman–Crippen LogP) is 1.12. The van der Waals surface area contributed by atoms with Crippen molar-refractivity contribution in [3.05, 3.63) is 24.3 Å². The van der Waals surface area contributed by atoms with E-state index in [0.29, 0.717) is 13.2 Å². The summed E-state index contributed by atoms with van der Waals surface area (Å²) in [6.45, 7) is 5.93. The van der Waals surface area contributed by atoms with Crippen LogP contribution in [-0.2, 0) is 4.74 Å². The average molecular weight is 280 g/mol. The molecule has 2 rings (SSSR count). The lowest BCUT2D eigenvalue weighted by Crippen LogP contribution is -2.50. The van der Waals surface area contributed by atoms with Gasteiger partial charge in [-0.2, -0.15) is 0 Å². The van der Waals surface area contributed by atoms with Crippen LogP contribution in [0.5, 0.6) is 11.5 Å². The number of methoxy groups -OCH3 is 1. The predicted molar refractivity (Wildman–Crippen MR) is 78.3 cm³/mol. The van der Waals surface area contributed by atoms with Crippen molar-refractivity contribution < 1.29 is 14.2 Å². The first-order valence-electron chi connectivity index (χ1n) is 7.06. The molecule has 112 valence electrons. The Morgan fingerprint density at radius 2 is 2.05 bits per heavy atom. The highest BCUT2D eigenvalue weighted by Gasteiger charge is 2.23. The van der Waals surface area contributed by atoms with Crippen molar-refractivity contribution in [3.8, 4) is 11.5 Å². The minimum Gasteiger partial charge on any atom is -0.493 e. The Kier molecular flexibility index (Phi) is 5.64. The summed E-state index contributed by atoms with van der Waals surface area (Å²) < 4.78 is 16.8. The van der Waals surface area contributed by atoms with Gasteiger partial charge in [-0.3, -0.25) is 4.90 Å². The smallest absolute Gasteiger partial charge is 0.161 e. The van der Waals surface area contributed by atoms with Gasteiger partial charge in [-0.1, -0.05) is 12.1 Å². The monoisotopic (exact) mass is 280 g/mol. The molecule has 1 aliphatic rings. The van der Waals surface area contributed by atoms with E-state index in [4.69, 9.17) is 19.9 Å². The van der Waals surface area contributed by atoms with Crippen LogP contribution < -0.4 is 15.2 Å². The molecule has 1 saturated heterocycles. The van der Waals surface area contributed by atoms with Crippen LogP contribution in [0.15, 0.2) is 24.3 Å². The summed E-state index contributed by atoms with van der Waals surface area (Å²) >= 11 is 0. The van der Waals surface area contributed by atoms with Gasteiger partial charge in [0.2, 0.25) is 0 Å². The number of nitrogens with zero attached hydrogens (tertiary/aromatic N) is 1. The Balaban J connectivity index is 1.80. The van der Waals surface area contributed by atoms with Crippen molar-refractivity contribution >= 4 is 0 Å². The fourth-order valence-corrected chi connectivity index (χ4v) is 2.48. The molecule has 1 aliphatic heterocycles. The Labute approximate surface area is 120 Å². The maximum Gasteiger partial charge on any atom is 0.161 e. The van der Waals surface area contributed by atoms with E-state index in [1.165, 1.54) is 0 Å². The number of rotatable bonds is 6. The molecule has 0 saturated carbocycles. The zero-order valence-electron chi connectivity index (χ0n) is 12.2. The largest absolute Gasteiger partial charge is 0.493 e. The van der Waals surface area contributed by atoms with E-state index in [9.17, 15) is 0 Å². The van der Waals surface area contributed by atoms with E-state index in [2.05, 4.69) is 11.8 Å². The van der Waals surface area contributed by atoms with E-state index in [1.54, 1.807) is 7.11 Å². The minimum absolute atomic E-state index is 0.130. The van der Waals surface area contributed by atoms with Crippen molar-refractivity contribution in [2.24, 2.45) is 5.73 Å². The summed E-state index contributed by atoms with van der Waals surface area (Å²) in [4.78, 5) is 2.33. The van der Waals surface area contributed by atoms with Gasteiger partial charge in [-0.05, 0) is 19.1 Å². The van der Waals surface area contributed by atoms with E-state index in [1.807, 2.05) is 24.3 Å². The highest BCUT2D eigenvalue weighted by Crippen LogP contribution is 2.25. The van der Waals surface area contributed by atoms with Crippen LogP contribution in [0.1, 0.15) is 6.92 Å². The third kappa shape index (κ3) is 4.10. The second kappa shape index (κ2) is 7.47. The first-order valence-corrected chi connectivity index (χ1v) is 7.06. The van der Waals surface area contributed by atoms with Crippen LogP contribution in [0.25, 0.3) is 0 Å². The molecule has 1 aromatic rings. The number of benzene rings is 1. The molecule has 0 spiro atoms. The number of ether oxygens (including phenoxy) is 3. The summed E-state index contributed by atoms with van der Waals surface area (Å²) in [6, 6.07) is 7.69. The van der Waals surface area contributed by atoms with Gasteiger partial charge in [-0.25, -0.2) is 0 Å². The van der Waals surface area contributed by atoms with Gasteiger partial charge in [0.15, 0.2) is 11.5 Å². The van der Waals surface area contributed by atoms with Crippen LogP contribution in [0.3, 0.4) is 0 Å². The number of para-hydroxylation sites is 2. The van der Waals surface area contributed by atoms with Crippen molar-refractivity contribution in [3.63, 3.8) is 0 Å². The SMILES string of the molecule is COc1ccccc1OCCN1CC(C)OC(CN)C1. The van der Waals surface area contributed by atoms with E-state index in [-0.39, 0.29) is 12.2 Å². The van der Waals surface area contributed by atoms with Gasteiger partial charge < -0.3 is 19.9 Å². The van der Waals surface area contributed by atoms with Gasteiger partial charge in [0.1, 0.15) is 6.61 Å². The molecule has 0 aromatic heterocycles. The number of hydrogen-bond donors (Lipinski definition) is 1. The zero-order chi connectivity index (χ0) is 14.4. The van der Waals surface area contributed by atoms with Gasteiger partial charge in [0.05, 0.1) is 19.3 Å². The normalized spacial score (nSPS) is 23.6. The first kappa shape index (κ1) is 15.1. The van der Waals surface area contributed by atoms with Crippen molar-refractivity contribution in [1.82, 2.24) is 4.90 Å². The van der Waals surface area contributed by atoms with Crippen molar-refractivity contribution in [2.75, 3.05) is 39.9 Å². The second-order valence-corrected chi connectivity index (χ2v) is 5.06. The lowest BCUT2D eigenvalue weighted by molar-refractivity contribution is -0.0739. The van der Waals surface area contributed by atoms with E-state index in [0.717, 1.165) is 31.1 Å². The Bertz CT molecular complexity index is 414. The van der Waals surface area contributed by atoms with E-state index < -0.39 is 0 Å². The second-order valence-electron chi connectivity index (χ2n) is 5.06. The maximum atomic E-state index is 5.80. The Morgan fingerprint density at radius 3 is 2.75 bits per heavy atom. The van der Waals surface area contributed by atoms with Gasteiger partial charge in [-0.15, -0.1) is 0 Å². The quantitative estimate of drug-likeness (QED) is 0.846. The van der Waals surface area contributed by atoms with E-state index >= 15 is 0 Å². The molecular weight excluding hydrogens is 256 g/mol. The molecule has 0 radical (unpaired) electrons. The molecule has 1 heterocycles. The van der Waals surface area contributed by atoms with Crippen LogP contribution in [0, 0.1) is 0 Å². The van der Waals surface area contributed by atoms with Gasteiger partial charge >= 0.3 is 0 Å². The van der Waals surface area contributed by atoms with Crippen molar-refractivity contribution in [2.45, 2.75) is 19.1 Å². The highest BCUT2D eigenvalue weighted by atomic mass is 16.5. The molecule has 2 atom stereocenters. The molecule has 0 aliphatic carbocycles. The molecular formula is C15H24N2O3. The minimum atomic E-state index is 0.130. The van der Waals surface area contributed by atoms with Gasteiger partial charge in [0, 0.05) is 26.2 Å². The standard InChI is InChI=1S/C15H24N2O3/c1-12-10-17(11-13(9-16)20-12)7-8-19-15-6-4-3-5-14(15)18-2/h3-6,12-13H,7-11,16H2,1-2H3. The number of nitrogens with two attached hydrogens (primary N) is 1. The Hall–Kier alpha value is -1.30. The fraction of sp³-hybridized carbons (Fsp3) is 0.600. The molecule has 1 fully saturated rings. The zero-order valence-corrected chi connectivity index (χ0v) is 12.2. The molecule has 2 unspecified atom stereocenters. The number of morpholine rings is 1. The lowest BCUT2D eigenvalue weighted by atomic mass is 10.2. The van der Waals surface area contributed by atoms with Crippen LogP contribution in [0.2, 0.25) is 0 Å². The molecule has 0 amide bonds. The maximum absolute atomic E-state index is 5.80. The van der Waals surface area contributed by atoms with Crippen molar-refractivity contribution in [1.29, 1.82) is 0 Å². The summed E-state index contributed by atoms with van der Waals surface area (Å²) in [5.41, 5.74) is 5.69. The highest BCUT2D eigenvalue weighted by molar-refractivity contribution is 5.39. The fourth-order valence-electron chi connectivity index (χ4n) is 2.48. The summed E-state index contributed by atoms with van der Waals surface area (Å²) in [5, 5.41) is 0. The summed E-state index contributed by atoms with van der Waals surface area (Å²) in [6.07, 6.45) is 0.355. The number of hydrogen-bond acceptors (Lipinski definition) is 5. The summed E-state index contributed by atoms with van der Waals surface area (Å²) in [5.74, 6) is 1.55. The first-order chi connectivity index (χ1) is 9.72. The Morgan fingerprint density at radius 1 is 1.30 bits per heavy atom. The third-order valence-electron chi connectivity index (χ3n) is 3.40. The summed E-state index contributed by atoms with van der Waals surface area (Å²) in [7, 11) is 1.65. The molecule has 20 heavy (non-hydrogen) atoms. The topological polar surface area (TPSA) is 57.0 Å². The van der Waals surface area contributed by atoms with Gasteiger partial charge in [0.25, 0.3) is 0 Å². The molecule has 2 N–H and O–H groups in total. The molecule has 5 heteroatoms. The lowest BCUT2D eigenvalue weighted by Gasteiger charge is -2.36. The third-order valence-corrected chi connectivity index (χ3v) is 3.40. The van der Waals surface area contributed by atoms with Crippen LogP contribution in [-0.4, -0.2) is 57.0 Å². The molecule has 5 nitrogen and oxygen atoms in total.